The smallest absolute Gasteiger partial charge is 0.305 e. The minimum absolute atomic E-state index is 0.00815. The van der Waals surface area contributed by atoms with E-state index in [1.807, 2.05) is 0 Å². The predicted octanol–water partition coefficient (Wildman–Crippen LogP) is 8.15. The highest BCUT2D eigenvalue weighted by Crippen LogP contribution is 2.10. The van der Waals surface area contributed by atoms with Crippen LogP contribution in [0.2, 0.25) is 0 Å². The number of carbonyl (C=O) groups excluding carboxylic acids is 1. The highest BCUT2D eigenvalue weighted by atomic mass is 16.5. The van der Waals surface area contributed by atoms with Gasteiger partial charge in [0.15, 0.2) is 0 Å². The zero-order chi connectivity index (χ0) is 19.1. The number of unbranched alkanes of at least 4 members (excludes halogenated alkanes) is 14. The van der Waals surface area contributed by atoms with Crippen LogP contribution in [0.4, 0.5) is 0 Å². The maximum atomic E-state index is 11.4. The van der Waals surface area contributed by atoms with Gasteiger partial charge in [-0.25, -0.2) is 0 Å². The third kappa shape index (κ3) is 21.3. The summed E-state index contributed by atoms with van der Waals surface area (Å²) >= 11 is 0. The second-order valence-corrected chi connectivity index (χ2v) is 7.62. The lowest BCUT2D eigenvalue weighted by Crippen LogP contribution is -2.05. The van der Waals surface area contributed by atoms with Gasteiger partial charge in [0.1, 0.15) is 0 Å². The standard InChI is InChI=1S/C24H46O2/c1-3-5-7-8-9-10-11-12-13-14-15-16-17-18-19-21-23-26-24(25)22-20-6-4-2/h12-13H,3-11,14-23H2,1-2H3. The van der Waals surface area contributed by atoms with Crippen molar-refractivity contribution >= 4 is 5.97 Å². The quantitative estimate of drug-likeness (QED) is 0.123. The predicted molar refractivity (Wildman–Crippen MR) is 115 cm³/mol. The van der Waals surface area contributed by atoms with Crippen molar-refractivity contribution < 1.29 is 9.53 Å². The number of ether oxygens (including phenoxy) is 1. The van der Waals surface area contributed by atoms with E-state index in [0.29, 0.717) is 13.0 Å². The number of carbonyl (C=O) groups is 1. The second kappa shape index (κ2) is 22.3. The van der Waals surface area contributed by atoms with Crippen molar-refractivity contribution in [3.63, 3.8) is 0 Å². The maximum absolute atomic E-state index is 11.4. The minimum atomic E-state index is -0.00815. The molecule has 0 bridgehead atoms. The summed E-state index contributed by atoms with van der Waals surface area (Å²) in [5.74, 6) is -0.00815. The molecule has 0 spiro atoms. The van der Waals surface area contributed by atoms with E-state index in [4.69, 9.17) is 4.74 Å². The van der Waals surface area contributed by atoms with Gasteiger partial charge in [0.2, 0.25) is 0 Å². The van der Waals surface area contributed by atoms with E-state index in [9.17, 15) is 4.79 Å². The minimum Gasteiger partial charge on any atom is -0.466 e. The maximum Gasteiger partial charge on any atom is 0.305 e. The molecule has 0 amide bonds. The van der Waals surface area contributed by atoms with E-state index in [0.717, 1.165) is 25.7 Å². The van der Waals surface area contributed by atoms with Gasteiger partial charge in [0, 0.05) is 6.42 Å². The molecule has 0 aliphatic carbocycles. The largest absolute Gasteiger partial charge is 0.466 e. The Hall–Kier alpha value is -0.790. The lowest BCUT2D eigenvalue weighted by atomic mass is 10.1. The Bertz CT molecular complexity index is 309. The Balaban J connectivity index is 3.14. The summed E-state index contributed by atoms with van der Waals surface area (Å²) in [6.07, 6.45) is 26.9. The van der Waals surface area contributed by atoms with Gasteiger partial charge in [0.05, 0.1) is 6.61 Å². The zero-order valence-corrected chi connectivity index (χ0v) is 17.9. The molecule has 0 atom stereocenters. The molecular weight excluding hydrogens is 320 g/mol. The van der Waals surface area contributed by atoms with Crippen molar-refractivity contribution in [2.45, 2.75) is 129 Å². The summed E-state index contributed by atoms with van der Waals surface area (Å²) in [5, 5.41) is 0. The summed E-state index contributed by atoms with van der Waals surface area (Å²) in [6, 6.07) is 0. The molecule has 0 aromatic carbocycles. The first-order chi connectivity index (χ1) is 12.8. The van der Waals surface area contributed by atoms with Crippen LogP contribution in [-0.2, 0) is 9.53 Å². The van der Waals surface area contributed by atoms with Gasteiger partial charge in [-0.15, -0.1) is 0 Å². The van der Waals surface area contributed by atoms with E-state index in [-0.39, 0.29) is 5.97 Å². The van der Waals surface area contributed by atoms with Crippen molar-refractivity contribution in [1.29, 1.82) is 0 Å². The summed E-state index contributed by atoms with van der Waals surface area (Å²) in [6.45, 7) is 5.04. The highest BCUT2D eigenvalue weighted by molar-refractivity contribution is 5.69. The third-order valence-corrected chi connectivity index (χ3v) is 4.90. The van der Waals surface area contributed by atoms with Crippen LogP contribution in [0.1, 0.15) is 129 Å². The van der Waals surface area contributed by atoms with Crippen LogP contribution in [0.3, 0.4) is 0 Å². The van der Waals surface area contributed by atoms with Crippen LogP contribution in [0, 0.1) is 0 Å². The van der Waals surface area contributed by atoms with E-state index in [2.05, 4.69) is 26.0 Å². The molecule has 0 aromatic heterocycles. The molecule has 2 heteroatoms. The van der Waals surface area contributed by atoms with Crippen LogP contribution in [0.15, 0.2) is 12.2 Å². The first kappa shape index (κ1) is 25.2. The van der Waals surface area contributed by atoms with Gasteiger partial charge < -0.3 is 4.74 Å². The average Bonchev–Trinajstić information content (AvgIpc) is 2.64. The summed E-state index contributed by atoms with van der Waals surface area (Å²) in [5.41, 5.74) is 0. The number of allylic oxidation sites excluding steroid dienone is 2. The molecule has 0 fully saturated rings. The fourth-order valence-electron chi connectivity index (χ4n) is 3.13. The molecule has 0 N–H and O–H groups in total. The van der Waals surface area contributed by atoms with Gasteiger partial charge >= 0.3 is 5.97 Å². The fourth-order valence-corrected chi connectivity index (χ4v) is 3.13. The molecule has 0 saturated heterocycles. The third-order valence-electron chi connectivity index (χ3n) is 4.90. The molecule has 154 valence electrons. The Morgan fingerprint density at radius 1 is 0.615 bits per heavy atom. The molecule has 0 unspecified atom stereocenters. The Kier molecular flexibility index (Phi) is 21.6. The summed E-state index contributed by atoms with van der Waals surface area (Å²) < 4.78 is 5.26. The number of hydrogen-bond donors (Lipinski definition) is 0. The van der Waals surface area contributed by atoms with Crippen molar-refractivity contribution in [3.8, 4) is 0 Å². The molecular formula is C24H46O2. The Labute approximate surface area is 164 Å². The monoisotopic (exact) mass is 366 g/mol. The molecule has 0 radical (unpaired) electrons. The SMILES string of the molecule is CCCCCCCCC=CCCCCCCCCOC(=O)CCCCC. The average molecular weight is 367 g/mol. The van der Waals surface area contributed by atoms with Crippen LogP contribution >= 0.6 is 0 Å². The summed E-state index contributed by atoms with van der Waals surface area (Å²) in [4.78, 5) is 11.4. The molecule has 26 heavy (non-hydrogen) atoms. The normalized spacial score (nSPS) is 11.3. The van der Waals surface area contributed by atoms with Gasteiger partial charge in [0.25, 0.3) is 0 Å². The van der Waals surface area contributed by atoms with Crippen molar-refractivity contribution in [2.24, 2.45) is 0 Å². The molecule has 0 saturated carbocycles. The van der Waals surface area contributed by atoms with Crippen molar-refractivity contribution in [2.75, 3.05) is 6.61 Å². The number of rotatable bonds is 20. The molecule has 0 aliphatic rings. The van der Waals surface area contributed by atoms with Gasteiger partial charge in [-0.05, 0) is 38.5 Å². The van der Waals surface area contributed by atoms with E-state index < -0.39 is 0 Å². The first-order valence-corrected chi connectivity index (χ1v) is 11.6. The number of esters is 1. The van der Waals surface area contributed by atoms with Crippen LogP contribution in [0.5, 0.6) is 0 Å². The van der Waals surface area contributed by atoms with Crippen LogP contribution in [0.25, 0.3) is 0 Å². The van der Waals surface area contributed by atoms with Crippen LogP contribution < -0.4 is 0 Å². The lowest BCUT2D eigenvalue weighted by molar-refractivity contribution is -0.143. The second-order valence-electron chi connectivity index (χ2n) is 7.62. The van der Waals surface area contributed by atoms with Gasteiger partial charge in [-0.1, -0.05) is 96.6 Å². The van der Waals surface area contributed by atoms with Gasteiger partial charge in [-0.2, -0.15) is 0 Å². The van der Waals surface area contributed by atoms with E-state index >= 15 is 0 Å². The zero-order valence-electron chi connectivity index (χ0n) is 17.9. The van der Waals surface area contributed by atoms with Crippen molar-refractivity contribution in [3.05, 3.63) is 12.2 Å². The Morgan fingerprint density at radius 2 is 1.08 bits per heavy atom. The van der Waals surface area contributed by atoms with E-state index in [1.165, 1.54) is 83.5 Å². The van der Waals surface area contributed by atoms with Crippen LogP contribution in [-0.4, -0.2) is 12.6 Å². The van der Waals surface area contributed by atoms with Crippen molar-refractivity contribution in [1.82, 2.24) is 0 Å². The number of hydrogen-bond acceptors (Lipinski definition) is 2. The Morgan fingerprint density at radius 3 is 1.65 bits per heavy atom. The molecule has 0 aliphatic heterocycles. The molecule has 0 rings (SSSR count). The van der Waals surface area contributed by atoms with E-state index in [1.54, 1.807) is 0 Å². The first-order valence-electron chi connectivity index (χ1n) is 11.6. The van der Waals surface area contributed by atoms with Gasteiger partial charge in [-0.3, -0.25) is 4.79 Å². The highest BCUT2D eigenvalue weighted by Gasteiger charge is 2.01. The lowest BCUT2D eigenvalue weighted by Gasteiger charge is -2.04. The topological polar surface area (TPSA) is 26.3 Å². The summed E-state index contributed by atoms with van der Waals surface area (Å²) in [7, 11) is 0. The fraction of sp³-hybridized carbons (Fsp3) is 0.875. The molecule has 0 heterocycles. The molecule has 2 nitrogen and oxygen atoms in total. The molecule has 0 aromatic rings.